The Labute approximate surface area is 378 Å². The molecule has 0 heterocycles. The number of benzene rings is 3. The van der Waals surface area contributed by atoms with Gasteiger partial charge in [-0.25, -0.2) is 9.59 Å². The van der Waals surface area contributed by atoms with Crippen LogP contribution in [0.1, 0.15) is 114 Å². The van der Waals surface area contributed by atoms with Crippen LogP contribution in [0.4, 0.5) is 0 Å². The molecule has 60 heavy (non-hydrogen) atoms. The number of carbonyl (C=O) groups is 5. The fraction of sp³-hybridized carbons (Fsp3) is 0.378. The Kier molecular flexibility index (Phi) is 24.1. The predicted molar refractivity (Wildman–Crippen MR) is 231 cm³/mol. The Hall–Kier alpha value is -5.21. The third-order valence-electron chi connectivity index (χ3n) is 7.54. The first-order chi connectivity index (χ1) is 26.8. The van der Waals surface area contributed by atoms with Crippen molar-refractivity contribution in [1.29, 1.82) is 16.2 Å². The zero-order valence-corrected chi connectivity index (χ0v) is 39.0. The summed E-state index contributed by atoms with van der Waals surface area (Å²) >= 11 is 0. The maximum atomic E-state index is 11.9. The van der Waals surface area contributed by atoms with E-state index < -0.39 is 35.2 Å². The molecule has 0 bridgehead atoms. The van der Waals surface area contributed by atoms with Crippen molar-refractivity contribution in [3.8, 4) is 0 Å². The summed E-state index contributed by atoms with van der Waals surface area (Å²) in [7, 11) is 0. The predicted octanol–water partition coefficient (Wildman–Crippen LogP) is 5.96. The smallest absolute Gasteiger partial charge is 0.372 e. The molecule has 3 aromatic rings. The summed E-state index contributed by atoms with van der Waals surface area (Å²) < 4.78 is 0. The number of nitrogens with two attached hydrogens (primary N) is 3. The molecule has 0 saturated heterocycles. The molecule has 0 saturated carbocycles. The first kappa shape index (κ1) is 56.9. The Morgan fingerprint density at radius 2 is 1.07 bits per heavy atom. The average Bonchev–Trinajstić information content (AvgIpc) is 3.10. The normalized spacial score (nSPS) is 11.2. The molecule has 0 spiro atoms. The van der Waals surface area contributed by atoms with Gasteiger partial charge in [-0.2, -0.15) is 11.7 Å². The Morgan fingerprint density at radius 1 is 0.650 bits per heavy atom. The van der Waals surface area contributed by atoms with Gasteiger partial charge in [-0.05, 0) is 52.0 Å². The fourth-order valence-electron chi connectivity index (χ4n) is 4.99. The molecule has 3 aromatic carbocycles. The first-order valence-corrected chi connectivity index (χ1v) is 18.5. The van der Waals surface area contributed by atoms with Gasteiger partial charge in [0.05, 0.1) is 5.92 Å². The molecule has 0 aliphatic heterocycles. The van der Waals surface area contributed by atoms with Crippen LogP contribution in [0, 0.1) is 39.4 Å². The number of amidine groups is 3. The van der Waals surface area contributed by atoms with Crippen molar-refractivity contribution in [2.24, 2.45) is 33.4 Å². The number of rotatable bonds is 14. The molecular formula is C45H60N6O8Y-2. The van der Waals surface area contributed by atoms with E-state index in [2.05, 4.69) is 48.5 Å². The number of hydrogen-bond acceptors (Lipinski definition) is 9. The molecule has 1 unspecified atom stereocenters. The van der Waals surface area contributed by atoms with Crippen LogP contribution in [0.3, 0.4) is 0 Å². The van der Waals surface area contributed by atoms with Crippen molar-refractivity contribution in [2.45, 2.75) is 93.9 Å². The van der Waals surface area contributed by atoms with Crippen LogP contribution in [0.15, 0.2) is 66.7 Å². The quantitative estimate of drug-likeness (QED) is 0.0404. The van der Waals surface area contributed by atoms with Gasteiger partial charge in [0.25, 0.3) is 0 Å². The third-order valence-corrected chi connectivity index (χ3v) is 7.54. The van der Waals surface area contributed by atoms with E-state index in [4.69, 9.17) is 43.6 Å². The zero-order chi connectivity index (χ0) is 46.1. The van der Waals surface area contributed by atoms with Gasteiger partial charge in [-0.3, -0.25) is 25.8 Å². The summed E-state index contributed by atoms with van der Waals surface area (Å²) in [4.78, 5) is 65.6. The van der Waals surface area contributed by atoms with Crippen LogP contribution >= 0.6 is 0 Å². The van der Waals surface area contributed by atoms with Gasteiger partial charge >= 0.3 is 11.9 Å². The van der Waals surface area contributed by atoms with Gasteiger partial charge in [-0.1, -0.05) is 123 Å². The van der Waals surface area contributed by atoms with Gasteiger partial charge < -0.3 is 43.9 Å². The summed E-state index contributed by atoms with van der Waals surface area (Å²) in [5.41, 5.74) is 20.8. The molecule has 0 aliphatic rings. The van der Waals surface area contributed by atoms with Gasteiger partial charge in [0.15, 0.2) is 0 Å². The van der Waals surface area contributed by atoms with Gasteiger partial charge in [0.2, 0.25) is 11.6 Å². The molecule has 11 N–H and O–H groups in total. The summed E-state index contributed by atoms with van der Waals surface area (Å²) in [6, 6.07) is 18.2. The monoisotopic (exact) mass is 901 g/mol. The van der Waals surface area contributed by atoms with Crippen molar-refractivity contribution in [1.82, 2.24) is 0 Å². The second kappa shape index (κ2) is 25.4. The van der Waals surface area contributed by atoms with Crippen LogP contribution in [0.5, 0.6) is 0 Å². The summed E-state index contributed by atoms with van der Waals surface area (Å²) in [5, 5.41) is 39.6. The maximum Gasteiger partial charge on any atom is 0.372 e. The largest absolute Gasteiger partial charge is 0.534 e. The number of nitrogen functional groups attached to an aromatic ring is 3. The van der Waals surface area contributed by atoms with E-state index in [0.29, 0.717) is 46.2 Å². The number of ketones is 3. The third kappa shape index (κ3) is 24.7. The second-order valence-corrected chi connectivity index (χ2v) is 17.4. The van der Waals surface area contributed by atoms with Crippen molar-refractivity contribution >= 4 is 53.1 Å². The minimum Gasteiger partial charge on any atom is -0.534 e. The first-order valence-electron chi connectivity index (χ1n) is 18.5. The van der Waals surface area contributed by atoms with Crippen molar-refractivity contribution in [2.75, 3.05) is 0 Å². The van der Waals surface area contributed by atoms with Gasteiger partial charge in [-0.15, -0.1) is 0 Å². The number of nitrogens with one attached hydrogen (secondary N) is 3. The molecule has 0 amide bonds. The van der Waals surface area contributed by atoms with Crippen LogP contribution in [0.25, 0.3) is 0 Å². The molecule has 323 valence electrons. The van der Waals surface area contributed by atoms with Crippen LogP contribution in [-0.2, 0) is 80.7 Å². The van der Waals surface area contributed by atoms with E-state index >= 15 is 0 Å². The SMILES string of the molecule is CC(C)(C)CC(C(=O)C(=O)O)c1ccc(C(=N)N)cc1.CC(C)(C)Cc1cc(C(=N)N)ccc1CC(=O)C(=O)O.N=C(N)c1ccc(CC(=O)[C-]=O)cc1.[CH2-]C(C)(C)C.[Y]. The molecule has 0 aliphatic carbocycles. The molecular weight excluding hydrogens is 841 g/mol. The summed E-state index contributed by atoms with van der Waals surface area (Å²) in [5.74, 6) is -5.90. The van der Waals surface area contributed by atoms with Crippen molar-refractivity contribution < 1.29 is 71.7 Å². The topological polar surface area (TPSA) is 292 Å². The number of carboxylic acid groups (broad SMARTS) is 2. The number of aliphatic carboxylic acids is 2. The number of hydrogen-bond donors (Lipinski definition) is 8. The van der Waals surface area contributed by atoms with Crippen molar-refractivity contribution in [3.63, 3.8) is 0 Å². The van der Waals surface area contributed by atoms with E-state index in [1.165, 1.54) is 6.29 Å². The fourth-order valence-corrected chi connectivity index (χ4v) is 4.99. The van der Waals surface area contributed by atoms with E-state index in [0.717, 1.165) is 5.56 Å². The minimum atomic E-state index is -1.43. The molecule has 3 rings (SSSR count). The average molecular weight is 902 g/mol. The standard InChI is InChI=1S/2C15H20N2O3.C10H9N2O2.C5H11.Y/c1-15(2,3)8-11(12(18)14(19)20)9-4-6-10(7-5-9)13(16)17;1-15(2,3)8-11-6-10(13(16)17)5-4-9(11)7-12(18)14(19)20;11-10(12)8-3-1-7(2-4-8)5-9(14)6-13;1-5(2,3)4;/h4-7,11H,8H2,1-3H3,(H3,16,17)(H,19,20);4-6H,7-8H2,1-3H3,(H3,16,17)(H,19,20);1-4H,5H2,(H3,11,12);1H2,2-4H3;/q;;2*-1;. The van der Waals surface area contributed by atoms with E-state index in [1.807, 2.05) is 20.8 Å². The molecule has 1 atom stereocenters. The minimum absolute atomic E-state index is 0. The zero-order valence-electron chi connectivity index (χ0n) is 36.1. The summed E-state index contributed by atoms with van der Waals surface area (Å²) in [6.07, 6.45) is 2.32. The Bertz CT molecular complexity index is 1980. The number of Topliss-reactive ketones (excluding diaryl/α,β-unsaturated/α-hetero) is 3. The Balaban J connectivity index is 0. The number of carbonyl (C=O) groups excluding carboxylic acids is 4. The van der Waals surface area contributed by atoms with Gasteiger partial charge in [0, 0.05) is 68.0 Å². The van der Waals surface area contributed by atoms with Crippen LogP contribution < -0.4 is 17.2 Å². The molecule has 15 heteroatoms. The molecule has 0 fully saturated rings. The maximum absolute atomic E-state index is 11.9. The van der Waals surface area contributed by atoms with E-state index in [-0.39, 0.29) is 79.3 Å². The van der Waals surface area contributed by atoms with Crippen molar-refractivity contribution in [3.05, 3.63) is 113 Å². The molecule has 1 radical (unpaired) electrons. The number of carboxylic acids is 2. The molecule has 0 aromatic heterocycles. The second-order valence-electron chi connectivity index (χ2n) is 17.4. The summed E-state index contributed by atoms with van der Waals surface area (Å²) in [6.45, 7) is 22.0. The Morgan fingerprint density at radius 3 is 1.42 bits per heavy atom. The van der Waals surface area contributed by atoms with Crippen LogP contribution in [0.2, 0.25) is 0 Å². The molecule has 14 nitrogen and oxygen atoms in total. The van der Waals surface area contributed by atoms with Gasteiger partial charge in [0.1, 0.15) is 17.5 Å². The van der Waals surface area contributed by atoms with E-state index in [9.17, 15) is 28.8 Å². The van der Waals surface area contributed by atoms with Crippen LogP contribution in [-0.4, -0.2) is 63.3 Å². The van der Waals surface area contributed by atoms with E-state index in [1.54, 1.807) is 66.7 Å².